The van der Waals surface area contributed by atoms with Crippen molar-refractivity contribution >= 4 is 34.8 Å². The number of anilines is 3. The molecule has 0 spiro atoms. The number of amides is 3. The first-order valence-electron chi connectivity index (χ1n) is 12.8. The lowest BCUT2D eigenvalue weighted by Gasteiger charge is -2.26. The van der Waals surface area contributed by atoms with E-state index in [9.17, 15) is 14.7 Å². The summed E-state index contributed by atoms with van der Waals surface area (Å²) in [7, 11) is 0. The van der Waals surface area contributed by atoms with Crippen molar-refractivity contribution in [1.82, 2.24) is 24.6 Å². The van der Waals surface area contributed by atoms with Gasteiger partial charge in [0.25, 0.3) is 5.91 Å². The third-order valence-corrected chi connectivity index (χ3v) is 6.51. The highest BCUT2D eigenvalue weighted by atomic mass is 16.5. The van der Waals surface area contributed by atoms with Crippen LogP contribution in [0.1, 0.15) is 22.8 Å². The van der Waals surface area contributed by atoms with E-state index in [4.69, 9.17) is 4.74 Å². The number of aliphatic hydroxyl groups is 1. The molecule has 1 aromatic carbocycles. The zero-order valence-corrected chi connectivity index (χ0v) is 21.8. The molecule has 3 aromatic heterocycles. The van der Waals surface area contributed by atoms with Gasteiger partial charge in [-0.05, 0) is 49.2 Å². The standard InChI is InChI=1S/C28H31N7O4/c1-18(36)15-31-28(38)33-23-5-3-4-22(19(23)2)21-14-24(26-29-8-9-35(26)17-21)32-25-7-6-20(16-30-25)27(37)34-10-12-39-13-11-34/h3-9,14,16-18,36H,10-13,15H2,1-2H3,(H,30,32)(H2,31,33,38). The van der Waals surface area contributed by atoms with E-state index >= 15 is 0 Å². The maximum absolute atomic E-state index is 12.8. The van der Waals surface area contributed by atoms with Gasteiger partial charge in [0, 0.05) is 55.7 Å². The minimum atomic E-state index is -0.632. The molecule has 0 bridgehead atoms. The first-order chi connectivity index (χ1) is 18.9. The molecule has 0 radical (unpaired) electrons. The molecule has 39 heavy (non-hydrogen) atoms. The fourth-order valence-electron chi connectivity index (χ4n) is 4.44. The molecule has 3 amide bonds. The number of ether oxygens (including phenoxy) is 1. The lowest BCUT2D eigenvalue weighted by atomic mass is 10.00. The quantitative estimate of drug-likeness (QED) is 0.288. The Morgan fingerprint density at radius 1 is 1.13 bits per heavy atom. The molecule has 202 valence electrons. The van der Waals surface area contributed by atoms with E-state index in [1.165, 1.54) is 0 Å². The zero-order valence-electron chi connectivity index (χ0n) is 21.8. The number of pyridine rings is 2. The summed E-state index contributed by atoms with van der Waals surface area (Å²) in [6.07, 6.45) is 6.51. The summed E-state index contributed by atoms with van der Waals surface area (Å²) in [6, 6.07) is 10.8. The first-order valence-corrected chi connectivity index (χ1v) is 12.8. The van der Waals surface area contributed by atoms with Gasteiger partial charge in [0.1, 0.15) is 5.82 Å². The van der Waals surface area contributed by atoms with Crippen LogP contribution < -0.4 is 16.0 Å². The SMILES string of the molecule is Cc1c(NC(=O)NCC(C)O)cccc1-c1cc(Nc2ccc(C(=O)N3CCOCC3)cn2)c2nccn2c1. The minimum Gasteiger partial charge on any atom is -0.392 e. The molecule has 11 heteroatoms. The number of hydrogen-bond acceptors (Lipinski definition) is 7. The van der Waals surface area contributed by atoms with E-state index < -0.39 is 6.10 Å². The highest BCUT2D eigenvalue weighted by Crippen LogP contribution is 2.32. The predicted octanol–water partition coefficient (Wildman–Crippen LogP) is 3.42. The van der Waals surface area contributed by atoms with Gasteiger partial charge in [0.05, 0.1) is 30.6 Å². The molecule has 4 N–H and O–H groups in total. The number of nitrogens with zero attached hydrogens (tertiary/aromatic N) is 4. The van der Waals surface area contributed by atoms with E-state index in [2.05, 4.69) is 25.9 Å². The van der Waals surface area contributed by atoms with Crippen molar-refractivity contribution in [2.24, 2.45) is 0 Å². The molecule has 0 saturated carbocycles. The molecule has 1 aliphatic rings. The second-order valence-electron chi connectivity index (χ2n) is 9.42. The Hall–Kier alpha value is -4.48. The van der Waals surface area contributed by atoms with Crippen LogP contribution in [-0.2, 0) is 4.74 Å². The number of benzene rings is 1. The number of carbonyl (C=O) groups is 2. The van der Waals surface area contributed by atoms with Crippen molar-refractivity contribution in [2.45, 2.75) is 20.0 Å². The number of nitrogens with one attached hydrogen (secondary N) is 3. The number of imidazole rings is 1. The summed E-state index contributed by atoms with van der Waals surface area (Å²) in [4.78, 5) is 35.8. The normalized spacial score (nSPS) is 14.2. The van der Waals surface area contributed by atoms with Gasteiger partial charge in [-0.1, -0.05) is 12.1 Å². The maximum atomic E-state index is 12.8. The Kier molecular flexibility index (Phi) is 7.71. The second kappa shape index (κ2) is 11.5. The third kappa shape index (κ3) is 6.00. The molecule has 1 aliphatic heterocycles. The van der Waals surface area contributed by atoms with Crippen molar-refractivity contribution in [3.8, 4) is 11.1 Å². The van der Waals surface area contributed by atoms with Crippen LogP contribution >= 0.6 is 0 Å². The van der Waals surface area contributed by atoms with Gasteiger partial charge in [-0.2, -0.15) is 0 Å². The van der Waals surface area contributed by atoms with Crippen LogP contribution in [0.5, 0.6) is 0 Å². The van der Waals surface area contributed by atoms with Crippen LogP contribution in [0, 0.1) is 6.92 Å². The topological polar surface area (TPSA) is 133 Å². The number of aliphatic hydroxyl groups excluding tert-OH is 1. The molecule has 1 unspecified atom stereocenters. The van der Waals surface area contributed by atoms with Crippen LogP contribution in [-0.4, -0.2) is 75.3 Å². The second-order valence-corrected chi connectivity index (χ2v) is 9.42. The third-order valence-electron chi connectivity index (χ3n) is 6.51. The van der Waals surface area contributed by atoms with Gasteiger partial charge in [0.2, 0.25) is 0 Å². The molecule has 5 rings (SSSR count). The molecule has 1 saturated heterocycles. The highest BCUT2D eigenvalue weighted by Gasteiger charge is 2.19. The van der Waals surface area contributed by atoms with E-state index in [1.54, 1.807) is 36.4 Å². The zero-order chi connectivity index (χ0) is 27.4. The van der Waals surface area contributed by atoms with Crippen LogP contribution in [0.3, 0.4) is 0 Å². The lowest BCUT2D eigenvalue weighted by Crippen LogP contribution is -2.40. The first kappa shape index (κ1) is 26.1. The Labute approximate surface area is 225 Å². The lowest BCUT2D eigenvalue weighted by molar-refractivity contribution is 0.0302. The number of fused-ring (bicyclic) bond motifs is 1. The largest absolute Gasteiger partial charge is 0.392 e. The Morgan fingerprint density at radius 3 is 2.69 bits per heavy atom. The van der Waals surface area contributed by atoms with Gasteiger partial charge in [-0.25, -0.2) is 14.8 Å². The summed E-state index contributed by atoms with van der Waals surface area (Å²) >= 11 is 0. The smallest absolute Gasteiger partial charge is 0.319 e. The van der Waals surface area contributed by atoms with Gasteiger partial charge in [-0.15, -0.1) is 0 Å². The van der Waals surface area contributed by atoms with Crippen molar-refractivity contribution < 1.29 is 19.4 Å². The highest BCUT2D eigenvalue weighted by molar-refractivity contribution is 5.94. The molecule has 0 aliphatic carbocycles. The fraction of sp³-hybridized carbons (Fsp3) is 0.286. The summed E-state index contributed by atoms with van der Waals surface area (Å²) in [5, 5.41) is 18.3. The van der Waals surface area contributed by atoms with Crippen LogP contribution in [0.2, 0.25) is 0 Å². The molecule has 1 atom stereocenters. The Morgan fingerprint density at radius 2 is 1.95 bits per heavy atom. The summed E-state index contributed by atoms with van der Waals surface area (Å²) in [6.45, 7) is 5.95. The number of urea groups is 1. The van der Waals surface area contributed by atoms with Gasteiger partial charge in [-0.3, -0.25) is 4.79 Å². The van der Waals surface area contributed by atoms with E-state index in [-0.39, 0.29) is 18.5 Å². The van der Waals surface area contributed by atoms with Crippen LogP contribution in [0.25, 0.3) is 16.8 Å². The maximum Gasteiger partial charge on any atom is 0.319 e. The van der Waals surface area contributed by atoms with Gasteiger partial charge >= 0.3 is 6.03 Å². The number of aromatic nitrogens is 3. The fourth-order valence-corrected chi connectivity index (χ4v) is 4.44. The average molecular weight is 530 g/mol. The van der Waals surface area contributed by atoms with Crippen molar-refractivity contribution in [2.75, 3.05) is 43.5 Å². The number of carbonyl (C=O) groups excluding carboxylic acids is 2. The van der Waals surface area contributed by atoms with E-state index in [1.807, 2.05) is 48.0 Å². The molecule has 4 aromatic rings. The van der Waals surface area contributed by atoms with Crippen LogP contribution in [0.4, 0.5) is 22.0 Å². The minimum absolute atomic E-state index is 0.0569. The number of rotatable bonds is 7. The van der Waals surface area contributed by atoms with Gasteiger partial charge in [0.15, 0.2) is 5.65 Å². The molecular weight excluding hydrogens is 498 g/mol. The number of hydrogen-bond donors (Lipinski definition) is 4. The number of morpholine rings is 1. The summed E-state index contributed by atoms with van der Waals surface area (Å²) < 4.78 is 7.25. The Bertz CT molecular complexity index is 1480. The van der Waals surface area contributed by atoms with Crippen LogP contribution in [0.15, 0.2) is 61.2 Å². The molecular formula is C28H31N7O4. The Balaban J connectivity index is 1.39. The monoisotopic (exact) mass is 529 g/mol. The summed E-state index contributed by atoms with van der Waals surface area (Å²) in [5.41, 5.74) is 5.38. The molecule has 11 nitrogen and oxygen atoms in total. The van der Waals surface area contributed by atoms with E-state index in [0.29, 0.717) is 43.4 Å². The molecule has 1 fully saturated rings. The van der Waals surface area contributed by atoms with E-state index in [0.717, 1.165) is 28.0 Å². The average Bonchev–Trinajstić information content (AvgIpc) is 3.43. The molecule has 4 heterocycles. The predicted molar refractivity (Wildman–Crippen MR) is 148 cm³/mol. The summed E-state index contributed by atoms with van der Waals surface area (Å²) in [5.74, 6) is 0.524. The van der Waals surface area contributed by atoms with Crippen molar-refractivity contribution in [1.29, 1.82) is 0 Å². The van der Waals surface area contributed by atoms with Crippen molar-refractivity contribution in [3.63, 3.8) is 0 Å². The van der Waals surface area contributed by atoms with Crippen molar-refractivity contribution in [3.05, 3.63) is 72.3 Å². The van der Waals surface area contributed by atoms with Gasteiger partial charge < -0.3 is 35.1 Å².